The van der Waals surface area contributed by atoms with E-state index in [0.717, 1.165) is 29.8 Å². The molecule has 4 amide bonds. The van der Waals surface area contributed by atoms with Gasteiger partial charge in [0.1, 0.15) is 12.2 Å². The molecule has 0 aromatic heterocycles. The number of hydrogen-bond donors (Lipinski definition) is 2. The minimum Gasteiger partial charge on any atom is -0.366 e. The molecule has 2 aliphatic heterocycles. The molecule has 1 fully saturated rings. The fourth-order valence-electron chi connectivity index (χ4n) is 4.99. The van der Waals surface area contributed by atoms with Crippen molar-refractivity contribution in [1.29, 1.82) is 0 Å². The summed E-state index contributed by atoms with van der Waals surface area (Å²) >= 11 is 0. The van der Waals surface area contributed by atoms with Gasteiger partial charge in [-0.2, -0.15) is 0 Å². The molecule has 2 aromatic carbocycles. The highest BCUT2D eigenvalue weighted by Crippen LogP contribution is 2.43. The van der Waals surface area contributed by atoms with Crippen molar-refractivity contribution >= 4 is 35.3 Å². The van der Waals surface area contributed by atoms with Gasteiger partial charge in [-0.15, -0.1) is 0 Å². The van der Waals surface area contributed by atoms with E-state index in [1.165, 1.54) is 11.3 Å². The second-order valence-electron chi connectivity index (χ2n) is 9.68. The Balaban J connectivity index is 1.52. The van der Waals surface area contributed by atoms with E-state index >= 15 is 0 Å². The maximum absolute atomic E-state index is 12.9. The number of nitrogens with one attached hydrogen (secondary N) is 2. The molecule has 178 valence electrons. The lowest BCUT2D eigenvalue weighted by molar-refractivity contribution is -0.127. The fourth-order valence-corrected chi connectivity index (χ4v) is 4.99. The van der Waals surface area contributed by atoms with Crippen LogP contribution in [0.5, 0.6) is 0 Å². The summed E-state index contributed by atoms with van der Waals surface area (Å²) in [6, 6.07) is 14.5. The molecule has 2 aliphatic rings. The van der Waals surface area contributed by atoms with Gasteiger partial charge in [-0.25, -0.2) is 9.69 Å². The van der Waals surface area contributed by atoms with E-state index in [0.29, 0.717) is 11.6 Å². The van der Waals surface area contributed by atoms with E-state index in [9.17, 15) is 14.4 Å². The molecule has 1 unspecified atom stereocenters. The van der Waals surface area contributed by atoms with Crippen molar-refractivity contribution in [2.75, 3.05) is 23.3 Å². The van der Waals surface area contributed by atoms with Gasteiger partial charge >= 0.3 is 6.03 Å². The molecule has 7 nitrogen and oxygen atoms in total. The zero-order chi connectivity index (χ0) is 24.5. The van der Waals surface area contributed by atoms with Crippen LogP contribution in [0.2, 0.25) is 0 Å². The highest BCUT2D eigenvalue weighted by atomic mass is 16.2. The van der Waals surface area contributed by atoms with Crippen molar-refractivity contribution in [2.45, 2.75) is 52.0 Å². The van der Waals surface area contributed by atoms with Crippen molar-refractivity contribution in [3.8, 4) is 0 Å². The molecular formula is C27H32N4O3. The van der Waals surface area contributed by atoms with Crippen molar-refractivity contribution in [3.63, 3.8) is 0 Å². The van der Waals surface area contributed by atoms with Crippen molar-refractivity contribution in [2.24, 2.45) is 0 Å². The summed E-state index contributed by atoms with van der Waals surface area (Å²) in [6.07, 6.45) is 3.80. The first kappa shape index (κ1) is 23.5. The second kappa shape index (κ2) is 9.33. The van der Waals surface area contributed by atoms with Gasteiger partial charge in [-0.1, -0.05) is 38.1 Å². The lowest BCUT2D eigenvalue weighted by atomic mass is 9.79. The molecule has 0 radical (unpaired) electrons. The molecule has 0 bridgehead atoms. The zero-order valence-corrected chi connectivity index (χ0v) is 20.2. The molecule has 1 atom stereocenters. The Labute approximate surface area is 200 Å². The van der Waals surface area contributed by atoms with Crippen molar-refractivity contribution in [1.82, 2.24) is 10.2 Å². The Bertz CT molecular complexity index is 1140. The van der Waals surface area contributed by atoms with Crippen LogP contribution in [0.1, 0.15) is 57.6 Å². The molecule has 1 saturated heterocycles. The summed E-state index contributed by atoms with van der Waals surface area (Å²) in [4.78, 5) is 41.0. The maximum Gasteiger partial charge on any atom is 0.329 e. The van der Waals surface area contributed by atoms with Crippen LogP contribution in [0.15, 0.2) is 54.2 Å². The van der Waals surface area contributed by atoms with Crippen LogP contribution < -0.4 is 15.5 Å². The van der Waals surface area contributed by atoms with Crippen LogP contribution in [0.3, 0.4) is 0 Å². The average molecular weight is 461 g/mol. The molecule has 2 heterocycles. The number of carbonyl (C=O) groups excluding carboxylic acids is 3. The molecule has 2 aromatic rings. The van der Waals surface area contributed by atoms with Crippen LogP contribution in [0.4, 0.5) is 16.2 Å². The van der Waals surface area contributed by atoms with Gasteiger partial charge in [0.25, 0.3) is 5.91 Å². The highest BCUT2D eigenvalue weighted by Gasteiger charge is 2.37. The molecule has 4 rings (SSSR count). The summed E-state index contributed by atoms with van der Waals surface area (Å²) in [5.41, 5.74) is 4.19. The van der Waals surface area contributed by atoms with Gasteiger partial charge in [-0.05, 0) is 74.1 Å². The largest absolute Gasteiger partial charge is 0.366 e. The third kappa shape index (κ3) is 4.69. The monoisotopic (exact) mass is 460 g/mol. The number of nitrogens with zero attached hydrogens (tertiary/aromatic N) is 2. The first-order valence-corrected chi connectivity index (χ1v) is 11.8. The lowest BCUT2D eigenvalue weighted by Crippen LogP contribution is -2.48. The van der Waals surface area contributed by atoms with Crippen LogP contribution >= 0.6 is 0 Å². The quantitative estimate of drug-likeness (QED) is 0.483. The number of amides is 4. The summed E-state index contributed by atoms with van der Waals surface area (Å²) in [5.74, 6) is -0.562. The van der Waals surface area contributed by atoms with Gasteiger partial charge in [0.2, 0.25) is 5.91 Å². The summed E-state index contributed by atoms with van der Waals surface area (Å²) in [7, 11) is 0. The van der Waals surface area contributed by atoms with Gasteiger partial charge in [0, 0.05) is 23.5 Å². The van der Waals surface area contributed by atoms with Crippen molar-refractivity contribution in [3.05, 3.63) is 65.4 Å². The van der Waals surface area contributed by atoms with Crippen molar-refractivity contribution < 1.29 is 14.4 Å². The Morgan fingerprint density at radius 3 is 2.62 bits per heavy atom. The summed E-state index contributed by atoms with van der Waals surface area (Å²) in [5, 5.41) is 5.31. The van der Waals surface area contributed by atoms with E-state index in [2.05, 4.69) is 55.4 Å². The number of urea groups is 1. The number of imide groups is 1. The predicted molar refractivity (Wildman–Crippen MR) is 134 cm³/mol. The first-order valence-electron chi connectivity index (χ1n) is 11.8. The number of carbonyl (C=O) groups is 3. The Kier molecular flexibility index (Phi) is 6.46. The number of rotatable bonds is 6. The molecule has 0 aliphatic carbocycles. The Morgan fingerprint density at radius 1 is 1.18 bits per heavy atom. The van der Waals surface area contributed by atoms with Gasteiger partial charge in [0.15, 0.2) is 0 Å². The first-order chi connectivity index (χ1) is 16.2. The lowest BCUT2D eigenvalue weighted by Gasteiger charge is -2.47. The second-order valence-corrected chi connectivity index (χ2v) is 9.68. The number of benzene rings is 2. The smallest absolute Gasteiger partial charge is 0.329 e. The molecule has 0 spiro atoms. The molecule has 7 heteroatoms. The average Bonchev–Trinajstić information content (AvgIpc) is 3.04. The van der Waals surface area contributed by atoms with E-state index in [1.54, 1.807) is 30.3 Å². The minimum absolute atomic E-state index is 0.0820. The van der Waals surface area contributed by atoms with E-state index in [1.807, 2.05) is 12.1 Å². The number of hydrogen-bond acceptors (Lipinski definition) is 4. The third-order valence-electron chi connectivity index (χ3n) is 6.49. The predicted octanol–water partition coefficient (Wildman–Crippen LogP) is 4.72. The normalized spacial score (nSPS) is 20.4. The summed E-state index contributed by atoms with van der Waals surface area (Å²) < 4.78 is 0. The minimum atomic E-state index is -0.596. The van der Waals surface area contributed by atoms with Crippen LogP contribution in [0.25, 0.3) is 6.08 Å². The molecule has 0 saturated carbocycles. The van der Waals surface area contributed by atoms with Crippen LogP contribution in [-0.4, -0.2) is 41.4 Å². The maximum atomic E-state index is 12.9. The SMILES string of the molecule is CCCN1c2ccc(/C=C3/NC(=O)N(CC(=O)Nc4ccccc4)C3=O)cc2C(C)CC1(C)C. The molecular weight excluding hydrogens is 428 g/mol. The Hall–Kier alpha value is -3.61. The third-order valence-corrected chi connectivity index (χ3v) is 6.49. The highest BCUT2D eigenvalue weighted by molar-refractivity contribution is 6.16. The topological polar surface area (TPSA) is 81.8 Å². The van der Waals surface area contributed by atoms with Gasteiger partial charge < -0.3 is 15.5 Å². The summed E-state index contributed by atoms with van der Waals surface area (Å²) in [6.45, 7) is 9.63. The van der Waals surface area contributed by atoms with E-state index in [-0.39, 0.29) is 17.8 Å². The fraction of sp³-hybridized carbons (Fsp3) is 0.370. The number of para-hydroxylation sites is 1. The molecule has 2 N–H and O–H groups in total. The zero-order valence-electron chi connectivity index (χ0n) is 20.2. The van der Waals surface area contributed by atoms with Crippen LogP contribution in [0, 0.1) is 0 Å². The van der Waals surface area contributed by atoms with E-state index < -0.39 is 17.8 Å². The number of fused-ring (bicyclic) bond motifs is 1. The molecule has 34 heavy (non-hydrogen) atoms. The van der Waals surface area contributed by atoms with Crippen LogP contribution in [-0.2, 0) is 9.59 Å². The number of anilines is 2. The van der Waals surface area contributed by atoms with Gasteiger partial charge in [0.05, 0.1) is 0 Å². The van der Waals surface area contributed by atoms with E-state index in [4.69, 9.17) is 0 Å². The Morgan fingerprint density at radius 2 is 1.91 bits per heavy atom. The van der Waals surface area contributed by atoms with Gasteiger partial charge in [-0.3, -0.25) is 9.59 Å². The standard InChI is InChI=1S/C27H32N4O3/c1-5-13-31-23-12-11-19(14-21(23)18(2)16-27(31,3)4)15-22-25(33)30(26(34)29-22)17-24(32)28-20-9-7-6-8-10-20/h6-12,14-15,18H,5,13,16-17H2,1-4H3,(H,28,32)(H,29,34)/b22-15+.